The van der Waals surface area contributed by atoms with Crippen LogP contribution in [0.3, 0.4) is 0 Å². The molecular weight excluding hydrogens is 528 g/mol. The van der Waals surface area contributed by atoms with Crippen molar-refractivity contribution < 1.29 is 35.8 Å². The van der Waals surface area contributed by atoms with E-state index in [1.54, 1.807) is 12.2 Å². The Kier molecular flexibility index (Phi) is 7.29. The van der Waals surface area contributed by atoms with E-state index < -0.39 is 41.2 Å². The molecule has 0 aromatic heterocycles. The lowest BCUT2D eigenvalue weighted by molar-refractivity contribution is -0.143. The molecule has 39 heavy (non-hydrogen) atoms. The monoisotopic (exact) mass is 557 g/mol. The van der Waals surface area contributed by atoms with Gasteiger partial charge in [0.2, 0.25) is 0 Å². The zero-order valence-corrected chi connectivity index (χ0v) is 21.2. The third-order valence-corrected chi connectivity index (χ3v) is 7.63. The molecule has 13 heteroatoms. The average Bonchev–Trinajstić information content (AvgIpc) is 3.46. The van der Waals surface area contributed by atoms with Crippen molar-refractivity contribution in [1.82, 2.24) is 21.4 Å². The van der Waals surface area contributed by atoms with Crippen LogP contribution < -0.4 is 16.3 Å². The zero-order valence-electron chi connectivity index (χ0n) is 21.2. The quantitative estimate of drug-likeness (QED) is 0.428. The van der Waals surface area contributed by atoms with E-state index in [4.69, 9.17) is 9.47 Å². The molecule has 2 aromatic rings. The summed E-state index contributed by atoms with van der Waals surface area (Å²) in [6, 6.07) is 11.1. The highest BCUT2D eigenvalue weighted by Crippen LogP contribution is 2.49. The lowest BCUT2D eigenvalue weighted by Crippen LogP contribution is -2.55. The summed E-state index contributed by atoms with van der Waals surface area (Å²) in [7, 11) is 3.11. The standard InChI is InChI=1S/C26H29F6N5O2/c1-37-35-23(34-36-37)19-13-24(16-6-4-3-5-7-16)22(9-8-20(19)33-24)39-21(14-38-2)15-10-17(25(27,28)29)12-18(11-15)26(30,31)32/h3-7,10-12,19-22,33,36H,8-9,13-14H2,1-2H3,(H,34,35)/t19-,20+,21+,22-,24-/m1/s1. The maximum Gasteiger partial charge on any atom is 0.416 e. The molecule has 2 fully saturated rings. The maximum absolute atomic E-state index is 13.6. The Morgan fingerprint density at radius 3 is 2.26 bits per heavy atom. The molecule has 212 valence electrons. The molecule has 0 saturated carbocycles. The molecule has 0 unspecified atom stereocenters. The Labute approximate surface area is 221 Å². The summed E-state index contributed by atoms with van der Waals surface area (Å²) >= 11 is 0. The summed E-state index contributed by atoms with van der Waals surface area (Å²) in [6.45, 7) is -0.226. The van der Waals surface area contributed by atoms with Crippen molar-refractivity contribution in [3.05, 3.63) is 70.8 Å². The number of piperidine rings is 1. The normalized spacial score (nSPS) is 28.1. The van der Waals surface area contributed by atoms with Gasteiger partial charge in [0, 0.05) is 26.1 Å². The van der Waals surface area contributed by atoms with E-state index in [2.05, 4.69) is 21.4 Å². The van der Waals surface area contributed by atoms with Crippen molar-refractivity contribution in [3.63, 3.8) is 0 Å². The summed E-state index contributed by atoms with van der Waals surface area (Å²) in [5.41, 5.74) is 3.17. The van der Waals surface area contributed by atoms with Gasteiger partial charge < -0.3 is 14.8 Å². The number of alkyl halides is 6. The number of hydrogen-bond donors (Lipinski definition) is 3. The molecule has 2 bridgehead atoms. The first-order valence-corrected chi connectivity index (χ1v) is 12.5. The van der Waals surface area contributed by atoms with E-state index in [1.165, 1.54) is 7.11 Å². The number of nitrogens with zero attached hydrogens (tertiary/aromatic N) is 2. The first-order valence-electron chi connectivity index (χ1n) is 12.5. The zero-order chi connectivity index (χ0) is 28.0. The molecule has 5 atom stereocenters. The van der Waals surface area contributed by atoms with Crippen molar-refractivity contribution in [2.75, 3.05) is 20.8 Å². The topological polar surface area (TPSA) is 70.2 Å². The molecule has 3 N–H and O–H groups in total. The number of hydrazine groups is 2. The molecule has 5 rings (SSSR count). The van der Waals surface area contributed by atoms with E-state index in [0.29, 0.717) is 31.4 Å². The smallest absolute Gasteiger partial charge is 0.382 e. The predicted molar refractivity (Wildman–Crippen MR) is 130 cm³/mol. The third-order valence-electron chi connectivity index (χ3n) is 7.63. The largest absolute Gasteiger partial charge is 0.416 e. The molecular formula is C26H29F6N5O2. The third kappa shape index (κ3) is 5.45. The van der Waals surface area contributed by atoms with Crippen LogP contribution in [0.2, 0.25) is 0 Å². The van der Waals surface area contributed by atoms with Gasteiger partial charge in [-0.1, -0.05) is 30.3 Å². The molecule has 2 aromatic carbocycles. The summed E-state index contributed by atoms with van der Waals surface area (Å²) in [5.74, 6) is 0.720. The van der Waals surface area contributed by atoms with Gasteiger partial charge >= 0.3 is 12.4 Å². The minimum absolute atomic E-state index is 0.0254. The summed E-state index contributed by atoms with van der Waals surface area (Å²) in [6.07, 6.45) is -9.91. The van der Waals surface area contributed by atoms with Gasteiger partial charge in [-0.3, -0.25) is 5.43 Å². The number of methoxy groups -OCH3 is 1. The lowest BCUT2D eigenvalue weighted by Gasteiger charge is -2.43. The van der Waals surface area contributed by atoms with Crippen LogP contribution in [0.5, 0.6) is 0 Å². The van der Waals surface area contributed by atoms with Gasteiger partial charge in [0.05, 0.1) is 29.4 Å². The number of hydrazone groups is 1. The Bertz CT molecular complexity index is 1180. The molecule has 0 aliphatic carbocycles. The van der Waals surface area contributed by atoms with E-state index in [1.807, 2.05) is 30.3 Å². The number of fused-ring (bicyclic) bond motifs is 2. The number of rotatable bonds is 7. The molecule has 3 aliphatic rings. The predicted octanol–water partition coefficient (Wildman–Crippen LogP) is 4.73. The van der Waals surface area contributed by atoms with Crippen molar-refractivity contribution in [1.29, 1.82) is 0 Å². The molecule has 3 heterocycles. The molecule has 0 radical (unpaired) electrons. The first kappa shape index (κ1) is 27.7. The van der Waals surface area contributed by atoms with Gasteiger partial charge in [0.15, 0.2) is 0 Å². The number of amidine groups is 1. The summed E-state index contributed by atoms with van der Waals surface area (Å²) in [5, 5.41) is 9.70. The summed E-state index contributed by atoms with van der Waals surface area (Å²) in [4.78, 5) is 0. The molecule has 3 aliphatic heterocycles. The maximum atomic E-state index is 13.6. The van der Waals surface area contributed by atoms with Crippen LogP contribution in [0.4, 0.5) is 26.3 Å². The van der Waals surface area contributed by atoms with E-state index in [9.17, 15) is 26.3 Å². The summed E-state index contributed by atoms with van der Waals surface area (Å²) < 4.78 is 93.2. The van der Waals surface area contributed by atoms with Gasteiger partial charge in [0.1, 0.15) is 11.9 Å². The number of hydrogen-bond acceptors (Lipinski definition) is 7. The highest BCUT2D eigenvalue weighted by molar-refractivity contribution is 5.86. The molecule has 7 nitrogen and oxygen atoms in total. The van der Waals surface area contributed by atoms with Crippen LogP contribution in [-0.2, 0) is 27.4 Å². The average molecular weight is 558 g/mol. The highest BCUT2D eigenvalue weighted by Gasteiger charge is 2.56. The highest BCUT2D eigenvalue weighted by atomic mass is 19.4. The van der Waals surface area contributed by atoms with Crippen LogP contribution in [0.15, 0.2) is 53.6 Å². The second-order valence-electron chi connectivity index (χ2n) is 10.2. The molecule has 0 spiro atoms. The minimum Gasteiger partial charge on any atom is -0.382 e. The van der Waals surface area contributed by atoms with E-state index >= 15 is 0 Å². The Morgan fingerprint density at radius 2 is 1.69 bits per heavy atom. The number of benzene rings is 2. The second-order valence-corrected chi connectivity index (χ2v) is 10.2. The lowest BCUT2D eigenvalue weighted by atomic mass is 9.79. The van der Waals surface area contributed by atoms with Crippen LogP contribution >= 0.6 is 0 Å². The van der Waals surface area contributed by atoms with Crippen molar-refractivity contribution >= 4 is 5.84 Å². The van der Waals surface area contributed by atoms with Crippen molar-refractivity contribution in [3.8, 4) is 0 Å². The van der Waals surface area contributed by atoms with Crippen molar-refractivity contribution in [2.24, 2.45) is 11.0 Å². The van der Waals surface area contributed by atoms with Crippen LogP contribution in [0.25, 0.3) is 0 Å². The fourth-order valence-corrected chi connectivity index (χ4v) is 5.89. The number of nitrogens with one attached hydrogen (secondary N) is 3. The first-order chi connectivity index (χ1) is 18.4. The SMILES string of the molecule is COC[C@H](O[C@@H]1CC[C@@H]2N[C@@]1(c1ccccc1)C[C@H]2C1=NNN(C)N1)c1cc(C(F)(F)F)cc(C(F)(F)F)c1. The van der Waals surface area contributed by atoms with E-state index in [0.717, 1.165) is 11.4 Å². The second kappa shape index (κ2) is 10.3. The fraction of sp³-hybridized carbons (Fsp3) is 0.500. The fourth-order valence-electron chi connectivity index (χ4n) is 5.89. The number of ether oxygens (including phenoxy) is 2. The van der Waals surface area contributed by atoms with Crippen LogP contribution in [0, 0.1) is 5.92 Å². The Balaban J connectivity index is 1.52. The van der Waals surface area contributed by atoms with Gasteiger partial charge in [-0.05, 0) is 48.6 Å². The molecule has 2 saturated heterocycles. The van der Waals surface area contributed by atoms with Gasteiger partial charge in [0.25, 0.3) is 0 Å². The van der Waals surface area contributed by atoms with E-state index in [-0.39, 0.29) is 30.2 Å². The minimum atomic E-state index is -4.96. The number of halogens is 6. The molecule has 0 amide bonds. The Hall–Kier alpha value is -2.87. The van der Waals surface area contributed by atoms with Crippen LogP contribution in [0.1, 0.15) is 47.6 Å². The van der Waals surface area contributed by atoms with Crippen molar-refractivity contribution in [2.45, 2.75) is 55.4 Å². The van der Waals surface area contributed by atoms with Gasteiger partial charge in [-0.25, -0.2) is 5.53 Å². The Morgan fingerprint density at radius 1 is 1.03 bits per heavy atom. The van der Waals surface area contributed by atoms with Crippen LogP contribution in [-0.4, -0.2) is 43.9 Å². The van der Waals surface area contributed by atoms with Gasteiger partial charge in [-0.2, -0.15) is 26.3 Å². The van der Waals surface area contributed by atoms with Gasteiger partial charge in [-0.15, -0.1) is 10.2 Å².